The minimum Gasteiger partial charge on any atom is -0.458 e. The maximum Gasteiger partial charge on any atom is 0.573 e. The molecule has 0 saturated carbocycles. The number of carbonyl (C=O) groups is 2. The highest BCUT2D eigenvalue weighted by molar-refractivity contribution is 8.01. The normalized spacial score (nSPS) is 14.9. The van der Waals surface area contributed by atoms with Crippen molar-refractivity contribution in [1.82, 2.24) is 20.1 Å². The minimum absolute atomic E-state index is 0.0672. The first-order chi connectivity index (χ1) is 21.1. The Hall–Kier alpha value is -4.76. The molecular weight excluding hydrogens is 601 g/mol. The van der Waals surface area contributed by atoms with E-state index in [-0.39, 0.29) is 30.0 Å². The second-order valence-corrected chi connectivity index (χ2v) is 10.7. The molecule has 1 saturated heterocycles. The number of alkyl halides is 3. The van der Waals surface area contributed by atoms with E-state index in [4.69, 9.17) is 9.47 Å². The molecule has 15 heteroatoms. The van der Waals surface area contributed by atoms with Gasteiger partial charge in [0.1, 0.15) is 18.7 Å². The highest BCUT2D eigenvalue weighted by Crippen LogP contribution is 2.33. The Kier molecular flexibility index (Phi) is 9.25. The van der Waals surface area contributed by atoms with E-state index in [2.05, 4.69) is 25.5 Å². The summed E-state index contributed by atoms with van der Waals surface area (Å²) in [6, 6.07) is 17.4. The van der Waals surface area contributed by atoms with Crippen molar-refractivity contribution < 1.29 is 37.0 Å². The Balaban J connectivity index is 1.14. The Bertz CT molecular complexity index is 1620. The van der Waals surface area contributed by atoms with Gasteiger partial charge in [-0.2, -0.15) is 4.98 Å². The number of nitrogens with zero attached hydrogens (tertiary/aromatic N) is 4. The van der Waals surface area contributed by atoms with Crippen molar-refractivity contribution in [2.75, 3.05) is 23.1 Å². The van der Waals surface area contributed by atoms with Crippen molar-refractivity contribution in [1.29, 1.82) is 0 Å². The molecule has 44 heavy (non-hydrogen) atoms. The molecule has 1 aliphatic rings. The number of ether oxygens (including phenoxy) is 3. The van der Waals surface area contributed by atoms with Crippen LogP contribution in [0.1, 0.15) is 16.7 Å². The summed E-state index contributed by atoms with van der Waals surface area (Å²) in [5, 5.41) is 9.82. The van der Waals surface area contributed by atoms with Gasteiger partial charge in [0.2, 0.25) is 5.91 Å². The molecule has 1 aromatic heterocycles. The third kappa shape index (κ3) is 7.79. The lowest BCUT2D eigenvalue weighted by Gasteiger charge is -2.27. The standard InChI is InChI=1S/C29H27F3N6O5S/c1-18-3-6-20(15-41-2)24(13-18)38-25(39)16-44-28(38)35-26(40)34-21-7-4-19(5-8-21)14-42-27-33-17-37(36-27)22-9-11-23(12-10-22)43-29(30,31)32/h3-13,17,28H,14-16H2,1-2H3,(H2,34,35,40). The quantitative estimate of drug-likeness (QED) is 0.240. The van der Waals surface area contributed by atoms with E-state index in [0.29, 0.717) is 23.7 Å². The van der Waals surface area contributed by atoms with Gasteiger partial charge in [-0.25, -0.2) is 9.48 Å². The molecule has 11 nitrogen and oxygen atoms in total. The summed E-state index contributed by atoms with van der Waals surface area (Å²) in [6.07, 6.45) is -3.40. The van der Waals surface area contributed by atoms with Gasteiger partial charge < -0.3 is 24.8 Å². The molecular formula is C29H27F3N6O5S. The van der Waals surface area contributed by atoms with Gasteiger partial charge >= 0.3 is 18.4 Å². The number of aryl methyl sites for hydroxylation is 1. The number of hydrogen-bond donors (Lipinski definition) is 2. The first-order valence-corrected chi connectivity index (χ1v) is 14.2. The van der Waals surface area contributed by atoms with E-state index in [1.165, 1.54) is 47.0 Å². The molecule has 0 bridgehead atoms. The average Bonchev–Trinajstić information content (AvgIpc) is 3.60. The highest BCUT2D eigenvalue weighted by Gasteiger charge is 2.35. The molecule has 3 amide bonds. The van der Waals surface area contributed by atoms with Crippen molar-refractivity contribution in [3.63, 3.8) is 0 Å². The summed E-state index contributed by atoms with van der Waals surface area (Å²) in [5.41, 5.74) is 3.70. The molecule has 1 unspecified atom stereocenters. The maximum absolute atomic E-state index is 12.8. The average molecular weight is 629 g/mol. The summed E-state index contributed by atoms with van der Waals surface area (Å²) in [5.74, 6) is -0.224. The van der Waals surface area contributed by atoms with E-state index >= 15 is 0 Å². The SMILES string of the molecule is COCc1ccc(C)cc1N1C(=O)CSC1NC(=O)Nc1ccc(COc2ncn(-c3ccc(OC(F)(F)F)cc3)n2)cc1. The van der Waals surface area contributed by atoms with Crippen LogP contribution in [0.25, 0.3) is 5.69 Å². The monoisotopic (exact) mass is 628 g/mol. The zero-order valence-corrected chi connectivity index (χ0v) is 24.3. The van der Waals surface area contributed by atoms with Gasteiger partial charge in [-0.1, -0.05) is 24.3 Å². The van der Waals surface area contributed by atoms with Crippen LogP contribution in [0.2, 0.25) is 0 Å². The smallest absolute Gasteiger partial charge is 0.458 e. The number of hydrogen-bond acceptors (Lipinski definition) is 8. The topological polar surface area (TPSA) is 120 Å². The Morgan fingerprint density at radius 3 is 2.52 bits per heavy atom. The van der Waals surface area contributed by atoms with Crippen LogP contribution in [0.15, 0.2) is 73.1 Å². The molecule has 1 aliphatic heterocycles. The fraction of sp³-hybridized carbons (Fsp3) is 0.241. The highest BCUT2D eigenvalue weighted by atomic mass is 32.2. The molecule has 3 aromatic carbocycles. The molecule has 5 rings (SSSR count). The zero-order chi connectivity index (χ0) is 31.3. The predicted molar refractivity (Wildman–Crippen MR) is 157 cm³/mol. The molecule has 4 aromatic rings. The number of methoxy groups -OCH3 is 1. The molecule has 230 valence electrons. The second-order valence-electron chi connectivity index (χ2n) is 9.59. The largest absolute Gasteiger partial charge is 0.573 e. The lowest BCUT2D eigenvalue weighted by Crippen LogP contribution is -2.46. The molecule has 2 N–H and O–H groups in total. The Labute approximate surface area is 254 Å². The van der Waals surface area contributed by atoms with Gasteiger partial charge in [-0.05, 0) is 60.5 Å². The van der Waals surface area contributed by atoms with E-state index in [1.807, 2.05) is 25.1 Å². The summed E-state index contributed by atoms with van der Waals surface area (Å²) in [7, 11) is 1.58. The van der Waals surface area contributed by atoms with Crippen molar-refractivity contribution in [3.8, 4) is 17.4 Å². The van der Waals surface area contributed by atoms with Crippen molar-refractivity contribution in [2.45, 2.75) is 32.0 Å². The van der Waals surface area contributed by atoms with Crippen molar-refractivity contribution in [2.24, 2.45) is 0 Å². The van der Waals surface area contributed by atoms with Gasteiger partial charge in [-0.15, -0.1) is 30.0 Å². The lowest BCUT2D eigenvalue weighted by atomic mass is 10.1. The van der Waals surface area contributed by atoms with Crippen molar-refractivity contribution in [3.05, 3.63) is 89.7 Å². The molecule has 0 spiro atoms. The van der Waals surface area contributed by atoms with Gasteiger partial charge in [-0.3, -0.25) is 9.69 Å². The number of aromatic nitrogens is 3. The third-order valence-electron chi connectivity index (χ3n) is 6.31. The summed E-state index contributed by atoms with van der Waals surface area (Å²) >= 11 is 1.32. The van der Waals surface area contributed by atoms with Gasteiger partial charge in [0.25, 0.3) is 0 Å². The number of rotatable bonds is 10. The summed E-state index contributed by atoms with van der Waals surface area (Å²) in [6.45, 7) is 2.39. The third-order valence-corrected chi connectivity index (χ3v) is 7.37. The number of thioether (sulfide) groups is 1. The lowest BCUT2D eigenvalue weighted by molar-refractivity contribution is -0.274. The summed E-state index contributed by atoms with van der Waals surface area (Å²) < 4.78 is 53.2. The van der Waals surface area contributed by atoms with Crippen LogP contribution < -0.4 is 25.0 Å². The fourth-order valence-electron chi connectivity index (χ4n) is 4.32. The molecule has 1 atom stereocenters. The van der Waals surface area contributed by atoms with Crippen LogP contribution in [0.3, 0.4) is 0 Å². The molecule has 1 fully saturated rings. The second kappa shape index (κ2) is 13.3. The molecule has 2 heterocycles. The number of halogens is 3. The number of nitrogens with one attached hydrogen (secondary N) is 2. The number of carbonyl (C=O) groups excluding carboxylic acids is 2. The summed E-state index contributed by atoms with van der Waals surface area (Å²) in [4.78, 5) is 31.2. The van der Waals surface area contributed by atoms with Gasteiger partial charge in [0.05, 0.1) is 23.7 Å². The van der Waals surface area contributed by atoms with Gasteiger partial charge in [0, 0.05) is 18.4 Å². The van der Waals surface area contributed by atoms with Gasteiger partial charge in [0.15, 0.2) is 5.50 Å². The predicted octanol–water partition coefficient (Wildman–Crippen LogP) is 5.38. The van der Waals surface area contributed by atoms with E-state index < -0.39 is 17.9 Å². The van der Waals surface area contributed by atoms with Crippen LogP contribution in [-0.2, 0) is 22.7 Å². The first-order valence-electron chi connectivity index (χ1n) is 13.2. The molecule has 0 aliphatic carbocycles. The number of urea groups is 1. The van der Waals surface area contributed by atoms with E-state index in [0.717, 1.165) is 16.7 Å². The number of benzene rings is 3. The van der Waals surface area contributed by atoms with Crippen LogP contribution in [-0.4, -0.2) is 51.4 Å². The first kappa shape index (κ1) is 30.7. The van der Waals surface area contributed by atoms with E-state index in [1.54, 1.807) is 36.3 Å². The van der Waals surface area contributed by atoms with Crippen LogP contribution in [0.5, 0.6) is 11.8 Å². The molecule has 0 radical (unpaired) electrons. The van der Waals surface area contributed by atoms with Crippen LogP contribution in [0, 0.1) is 6.92 Å². The Morgan fingerprint density at radius 2 is 1.82 bits per heavy atom. The van der Waals surface area contributed by atoms with Crippen LogP contribution in [0.4, 0.5) is 29.3 Å². The number of amides is 3. The zero-order valence-electron chi connectivity index (χ0n) is 23.5. The van der Waals surface area contributed by atoms with Crippen LogP contribution >= 0.6 is 11.8 Å². The Morgan fingerprint density at radius 1 is 1.07 bits per heavy atom. The fourth-order valence-corrected chi connectivity index (χ4v) is 5.33. The maximum atomic E-state index is 12.8. The van der Waals surface area contributed by atoms with E-state index in [9.17, 15) is 22.8 Å². The van der Waals surface area contributed by atoms with Crippen molar-refractivity contribution >= 4 is 35.1 Å². The number of anilines is 2. The minimum atomic E-state index is -4.77.